The number of rotatable bonds is 6. The third-order valence-electron chi connectivity index (χ3n) is 5.62. The quantitative estimate of drug-likeness (QED) is 0.860. The largest absolute Gasteiger partial charge is 0.352 e. The van der Waals surface area contributed by atoms with Crippen molar-refractivity contribution in [3.63, 3.8) is 0 Å². The van der Waals surface area contributed by atoms with Crippen LogP contribution in [0.5, 0.6) is 0 Å². The number of amides is 1. The lowest BCUT2D eigenvalue weighted by Gasteiger charge is -2.37. The lowest BCUT2D eigenvalue weighted by Crippen LogP contribution is -2.51. The molecule has 26 heavy (non-hydrogen) atoms. The van der Waals surface area contributed by atoms with Crippen molar-refractivity contribution >= 4 is 5.91 Å². The number of aryl methyl sites for hydroxylation is 1. The van der Waals surface area contributed by atoms with Crippen molar-refractivity contribution in [2.45, 2.75) is 57.2 Å². The number of carbonyl (C=O) groups is 1. The van der Waals surface area contributed by atoms with Gasteiger partial charge in [-0.1, -0.05) is 24.3 Å². The predicted molar refractivity (Wildman–Crippen MR) is 99.6 cm³/mol. The minimum Gasteiger partial charge on any atom is -0.352 e. The molecule has 6 heteroatoms. The van der Waals surface area contributed by atoms with Gasteiger partial charge in [-0.05, 0) is 49.8 Å². The fourth-order valence-corrected chi connectivity index (χ4v) is 4.30. The highest BCUT2D eigenvalue weighted by Gasteiger charge is 2.30. The van der Waals surface area contributed by atoms with Crippen molar-refractivity contribution < 1.29 is 4.79 Å². The molecule has 2 aromatic rings. The Hall–Kier alpha value is -2.21. The van der Waals surface area contributed by atoms with Gasteiger partial charge in [0, 0.05) is 31.6 Å². The molecular weight excluding hydrogens is 326 g/mol. The number of hydrogen-bond donors (Lipinski definition) is 1. The molecule has 2 heterocycles. The minimum absolute atomic E-state index is 0.159. The summed E-state index contributed by atoms with van der Waals surface area (Å²) in [6.07, 6.45) is 9.11. The van der Waals surface area contributed by atoms with Crippen LogP contribution in [-0.2, 0) is 24.2 Å². The number of benzene rings is 1. The van der Waals surface area contributed by atoms with Gasteiger partial charge in [0.2, 0.25) is 5.91 Å². The van der Waals surface area contributed by atoms with Crippen LogP contribution in [0, 0.1) is 0 Å². The summed E-state index contributed by atoms with van der Waals surface area (Å²) in [7, 11) is 0. The maximum atomic E-state index is 12.3. The SMILES string of the molecule is O=C(CCCn1cncn1)NC1CCCN(C2Cc3ccccc3C2)C1. The fraction of sp³-hybridized carbons (Fsp3) is 0.550. The zero-order chi connectivity index (χ0) is 17.8. The van der Waals surface area contributed by atoms with Crippen molar-refractivity contribution in [2.75, 3.05) is 13.1 Å². The van der Waals surface area contributed by atoms with Gasteiger partial charge in [0.1, 0.15) is 12.7 Å². The topological polar surface area (TPSA) is 63.1 Å². The van der Waals surface area contributed by atoms with E-state index in [1.54, 1.807) is 11.0 Å². The van der Waals surface area contributed by atoms with Crippen LogP contribution < -0.4 is 5.32 Å². The normalized spacial score (nSPS) is 20.8. The average molecular weight is 353 g/mol. The Balaban J connectivity index is 1.23. The highest BCUT2D eigenvalue weighted by Crippen LogP contribution is 2.27. The van der Waals surface area contributed by atoms with E-state index in [-0.39, 0.29) is 11.9 Å². The molecule has 4 rings (SSSR count). The van der Waals surface area contributed by atoms with Gasteiger partial charge < -0.3 is 5.32 Å². The molecule has 1 aliphatic carbocycles. The molecule has 6 nitrogen and oxygen atoms in total. The number of piperidine rings is 1. The van der Waals surface area contributed by atoms with Gasteiger partial charge in [0.25, 0.3) is 0 Å². The second-order valence-electron chi connectivity index (χ2n) is 7.49. The van der Waals surface area contributed by atoms with Gasteiger partial charge in [-0.3, -0.25) is 14.4 Å². The number of fused-ring (bicyclic) bond motifs is 1. The van der Waals surface area contributed by atoms with Gasteiger partial charge in [0.05, 0.1) is 0 Å². The summed E-state index contributed by atoms with van der Waals surface area (Å²) >= 11 is 0. The maximum absolute atomic E-state index is 12.3. The Morgan fingerprint density at radius 2 is 2.04 bits per heavy atom. The third-order valence-corrected chi connectivity index (χ3v) is 5.62. The molecule has 0 spiro atoms. The number of likely N-dealkylation sites (tertiary alicyclic amines) is 1. The lowest BCUT2D eigenvalue weighted by atomic mass is 10.0. The molecule has 1 N–H and O–H groups in total. The highest BCUT2D eigenvalue weighted by atomic mass is 16.1. The van der Waals surface area contributed by atoms with Crippen molar-refractivity contribution in [2.24, 2.45) is 0 Å². The van der Waals surface area contributed by atoms with E-state index in [0.29, 0.717) is 12.5 Å². The van der Waals surface area contributed by atoms with Gasteiger partial charge >= 0.3 is 0 Å². The fourth-order valence-electron chi connectivity index (χ4n) is 4.30. The summed E-state index contributed by atoms with van der Waals surface area (Å²) in [6.45, 7) is 2.87. The standard InChI is InChI=1S/C20H27N5O/c26-20(8-4-10-25-15-21-14-22-25)23-18-7-3-9-24(13-18)19-11-16-5-1-2-6-17(16)12-19/h1-2,5-6,14-15,18-19H,3-4,7-13H2,(H,23,26). The van der Waals surface area contributed by atoms with E-state index in [1.807, 2.05) is 0 Å². The van der Waals surface area contributed by atoms with Crippen molar-refractivity contribution in [3.05, 3.63) is 48.0 Å². The van der Waals surface area contributed by atoms with Crippen molar-refractivity contribution in [1.29, 1.82) is 0 Å². The Kier molecular flexibility index (Phi) is 5.29. The number of nitrogens with one attached hydrogen (secondary N) is 1. The van der Waals surface area contributed by atoms with E-state index in [4.69, 9.17) is 0 Å². The van der Waals surface area contributed by atoms with E-state index >= 15 is 0 Å². The maximum Gasteiger partial charge on any atom is 0.220 e. The summed E-state index contributed by atoms with van der Waals surface area (Å²) in [4.78, 5) is 18.8. The van der Waals surface area contributed by atoms with Crippen LogP contribution >= 0.6 is 0 Å². The van der Waals surface area contributed by atoms with Gasteiger partial charge in [-0.25, -0.2) is 4.98 Å². The molecule has 0 radical (unpaired) electrons. The minimum atomic E-state index is 0.159. The van der Waals surface area contributed by atoms with Crippen molar-refractivity contribution in [1.82, 2.24) is 25.0 Å². The molecular formula is C20H27N5O. The van der Waals surface area contributed by atoms with Crippen LogP contribution in [0.2, 0.25) is 0 Å². The predicted octanol–water partition coefficient (Wildman–Crippen LogP) is 1.81. The van der Waals surface area contributed by atoms with Crippen LogP contribution in [0.4, 0.5) is 0 Å². The molecule has 1 aromatic carbocycles. The van der Waals surface area contributed by atoms with E-state index in [0.717, 1.165) is 51.7 Å². The number of aromatic nitrogens is 3. The third kappa shape index (κ3) is 4.12. The molecule has 2 aliphatic rings. The zero-order valence-corrected chi connectivity index (χ0v) is 15.2. The number of carbonyl (C=O) groups excluding carboxylic acids is 1. The van der Waals surface area contributed by atoms with Crippen LogP contribution in [0.3, 0.4) is 0 Å². The second kappa shape index (κ2) is 7.99. The lowest BCUT2D eigenvalue weighted by molar-refractivity contribution is -0.122. The molecule has 0 bridgehead atoms. The summed E-state index contributed by atoms with van der Waals surface area (Å²) in [5.74, 6) is 0.159. The summed E-state index contributed by atoms with van der Waals surface area (Å²) in [5.41, 5.74) is 2.99. The first kappa shape index (κ1) is 17.2. The van der Waals surface area contributed by atoms with E-state index in [1.165, 1.54) is 17.5 Å². The Labute approximate surface area is 154 Å². The molecule has 0 saturated carbocycles. The second-order valence-corrected chi connectivity index (χ2v) is 7.49. The van der Waals surface area contributed by atoms with Gasteiger partial charge in [0.15, 0.2) is 0 Å². The first-order valence-corrected chi connectivity index (χ1v) is 9.70. The zero-order valence-electron chi connectivity index (χ0n) is 15.2. The summed E-state index contributed by atoms with van der Waals surface area (Å²) in [6, 6.07) is 9.67. The monoisotopic (exact) mass is 353 g/mol. The van der Waals surface area contributed by atoms with Crippen molar-refractivity contribution in [3.8, 4) is 0 Å². The van der Waals surface area contributed by atoms with Crippen LogP contribution in [-0.4, -0.2) is 50.7 Å². The summed E-state index contributed by atoms with van der Waals surface area (Å²) < 4.78 is 1.77. The first-order chi connectivity index (χ1) is 12.8. The van der Waals surface area contributed by atoms with Crippen LogP contribution in [0.25, 0.3) is 0 Å². The number of nitrogens with zero attached hydrogens (tertiary/aromatic N) is 4. The van der Waals surface area contributed by atoms with Gasteiger partial charge in [-0.15, -0.1) is 0 Å². The molecule has 1 aromatic heterocycles. The molecule has 1 amide bonds. The van der Waals surface area contributed by atoms with Crippen LogP contribution in [0.15, 0.2) is 36.9 Å². The average Bonchev–Trinajstić information content (AvgIpc) is 3.31. The van der Waals surface area contributed by atoms with E-state index in [2.05, 4.69) is 44.6 Å². The molecule has 1 atom stereocenters. The van der Waals surface area contributed by atoms with E-state index in [9.17, 15) is 4.79 Å². The van der Waals surface area contributed by atoms with E-state index < -0.39 is 0 Å². The molecule has 1 saturated heterocycles. The Bertz CT molecular complexity index is 705. The van der Waals surface area contributed by atoms with Crippen LogP contribution in [0.1, 0.15) is 36.8 Å². The molecule has 1 aliphatic heterocycles. The molecule has 1 unspecified atom stereocenters. The summed E-state index contributed by atoms with van der Waals surface area (Å²) in [5, 5.41) is 7.31. The highest BCUT2D eigenvalue weighted by molar-refractivity contribution is 5.76. The first-order valence-electron chi connectivity index (χ1n) is 9.70. The van der Waals surface area contributed by atoms with Gasteiger partial charge in [-0.2, -0.15) is 5.10 Å². The Morgan fingerprint density at radius 1 is 1.23 bits per heavy atom. The molecule has 1 fully saturated rings. The number of hydrogen-bond acceptors (Lipinski definition) is 4. The Morgan fingerprint density at radius 3 is 2.77 bits per heavy atom. The molecule has 138 valence electrons. The smallest absolute Gasteiger partial charge is 0.220 e.